The molecule has 0 saturated carbocycles. The minimum atomic E-state index is -0.149. The van der Waals surface area contributed by atoms with Crippen LogP contribution in [0.25, 0.3) is 0 Å². The maximum Gasteiger partial charge on any atom is 0.308 e. The van der Waals surface area contributed by atoms with E-state index in [1.807, 2.05) is 31.2 Å². The predicted octanol–water partition coefficient (Wildman–Crippen LogP) is 3.08. The summed E-state index contributed by atoms with van der Waals surface area (Å²) in [6.45, 7) is 1.88. The zero-order chi connectivity index (χ0) is 11.3. The van der Waals surface area contributed by atoms with Gasteiger partial charge in [0.15, 0.2) is 0 Å². The van der Waals surface area contributed by atoms with Crippen molar-refractivity contribution in [2.75, 3.05) is 7.11 Å². The Morgan fingerprint density at radius 3 is 2.53 bits per heavy atom. The van der Waals surface area contributed by atoms with Gasteiger partial charge in [0.25, 0.3) is 0 Å². The average molecular weight is 227 g/mol. The number of carbonyl (C=O) groups excluding carboxylic acids is 1. The Labute approximate surface area is 95.2 Å². The number of benzene rings is 1. The molecule has 2 nitrogen and oxygen atoms in total. The van der Waals surface area contributed by atoms with Gasteiger partial charge in [-0.1, -0.05) is 30.7 Å². The summed E-state index contributed by atoms with van der Waals surface area (Å²) in [5.74, 6) is -0.199. The van der Waals surface area contributed by atoms with E-state index in [2.05, 4.69) is 4.74 Å². The van der Waals surface area contributed by atoms with E-state index in [1.54, 1.807) is 0 Å². The molecule has 1 aromatic carbocycles. The third-order valence-electron chi connectivity index (χ3n) is 2.38. The molecule has 0 N–H and O–H groups in total. The van der Waals surface area contributed by atoms with Gasteiger partial charge in [-0.05, 0) is 30.5 Å². The highest BCUT2D eigenvalue weighted by molar-refractivity contribution is 6.30. The van der Waals surface area contributed by atoms with E-state index in [0.29, 0.717) is 0 Å². The van der Waals surface area contributed by atoms with Gasteiger partial charge in [0.2, 0.25) is 0 Å². The van der Waals surface area contributed by atoms with Crippen molar-refractivity contribution in [1.29, 1.82) is 0 Å². The fourth-order valence-electron chi connectivity index (χ4n) is 1.35. The minimum absolute atomic E-state index is 0.0503. The molecule has 0 unspecified atom stereocenters. The van der Waals surface area contributed by atoms with Crippen molar-refractivity contribution in [3.05, 3.63) is 34.9 Å². The van der Waals surface area contributed by atoms with Gasteiger partial charge in [0.05, 0.1) is 13.0 Å². The molecule has 0 spiro atoms. The lowest BCUT2D eigenvalue weighted by atomic mass is 10.0. The quantitative estimate of drug-likeness (QED) is 0.738. The van der Waals surface area contributed by atoms with Crippen molar-refractivity contribution in [3.8, 4) is 0 Å². The van der Waals surface area contributed by atoms with Crippen molar-refractivity contribution < 1.29 is 9.53 Å². The summed E-state index contributed by atoms with van der Waals surface area (Å²) in [4.78, 5) is 11.1. The maximum atomic E-state index is 11.1. The largest absolute Gasteiger partial charge is 0.469 e. The minimum Gasteiger partial charge on any atom is -0.469 e. The number of carbonyl (C=O) groups is 1. The van der Waals surface area contributed by atoms with E-state index in [1.165, 1.54) is 12.7 Å². The lowest BCUT2D eigenvalue weighted by Crippen LogP contribution is -2.13. The molecule has 0 heterocycles. The Morgan fingerprint density at radius 1 is 1.40 bits per heavy atom. The molecule has 0 radical (unpaired) electrons. The Bertz CT molecular complexity index is 319. The second-order valence-corrected chi connectivity index (χ2v) is 4.03. The van der Waals surface area contributed by atoms with Gasteiger partial charge >= 0.3 is 5.97 Å². The van der Waals surface area contributed by atoms with Crippen molar-refractivity contribution in [2.24, 2.45) is 5.92 Å². The van der Waals surface area contributed by atoms with Crippen LogP contribution in [0, 0.1) is 5.92 Å². The molecule has 1 atom stereocenters. The van der Waals surface area contributed by atoms with Crippen molar-refractivity contribution in [2.45, 2.75) is 19.8 Å². The van der Waals surface area contributed by atoms with Crippen LogP contribution in [0.4, 0.5) is 0 Å². The van der Waals surface area contributed by atoms with Crippen LogP contribution in [0.15, 0.2) is 24.3 Å². The number of halogens is 1. The van der Waals surface area contributed by atoms with Crippen LogP contribution in [0.5, 0.6) is 0 Å². The number of hydrogen-bond donors (Lipinski definition) is 0. The van der Waals surface area contributed by atoms with E-state index in [0.717, 1.165) is 17.9 Å². The Balaban J connectivity index is 2.43. The van der Waals surface area contributed by atoms with Crippen LogP contribution in [-0.4, -0.2) is 13.1 Å². The molecule has 0 aliphatic rings. The molecule has 82 valence electrons. The van der Waals surface area contributed by atoms with Gasteiger partial charge in [-0.2, -0.15) is 0 Å². The summed E-state index contributed by atoms with van der Waals surface area (Å²) in [6.07, 6.45) is 1.67. The summed E-state index contributed by atoms with van der Waals surface area (Å²) in [7, 11) is 1.42. The molecule has 0 fully saturated rings. The third-order valence-corrected chi connectivity index (χ3v) is 2.63. The fraction of sp³-hybridized carbons (Fsp3) is 0.417. The molecule has 0 amide bonds. The molecule has 0 aliphatic carbocycles. The van der Waals surface area contributed by atoms with Crippen LogP contribution < -0.4 is 0 Å². The standard InChI is InChI=1S/C12H15ClO2/c1-9(12(14)15-2)3-4-10-5-7-11(13)8-6-10/h5-9H,3-4H2,1-2H3/t9-/m1/s1. The Hall–Kier alpha value is -1.02. The SMILES string of the molecule is COC(=O)[C@H](C)CCc1ccc(Cl)cc1. The number of methoxy groups -OCH3 is 1. The van der Waals surface area contributed by atoms with Gasteiger partial charge in [0, 0.05) is 5.02 Å². The number of hydrogen-bond acceptors (Lipinski definition) is 2. The van der Waals surface area contributed by atoms with E-state index in [-0.39, 0.29) is 11.9 Å². The molecule has 0 aliphatic heterocycles. The highest BCUT2D eigenvalue weighted by Gasteiger charge is 2.12. The summed E-state index contributed by atoms with van der Waals surface area (Å²) in [6, 6.07) is 7.68. The zero-order valence-electron chi connectivity index (χ0n) is 9.00. The predicted molar refractivity (Wildman–Crippen MR) is 61.0 cm³/mol. The number of esters is 1. The molecule has 3 heteroatoms. The molecule has 0 bridgehead atoms. The van der Waals surface area contributed by atoms with Crippen LogP contribution in [-0.2, 0) is 16.0 Å². The zero-order valence-corrected chi connectivity index (χ0v) is 9.75. The van der Waals surface area contributed by atoms with E-state index in [4.69, 9.17) is 11.6 Å². The van der Waals surface area contributed by atoms with Crippen LogP contribution in [0.2, 0.25) is 5.02 Å². The second kappa shape index (κ2) is 5.76. The molecular weight excluding hydrogens is 212 g/mol. The summed E-state index contributed by atoms with van der Waals surface area (Å²) >= 11 is 5.77. The van der Waals surface area contributed by atoms with Crippen LogP contribution in [0.1, 0.15) is 18.9 Å². The third kappa shape index (κ3) is 3.92. The van der Waals surface area contributed by atoms with Gasteiger partial charge in [-0.25, -0.2) is 0 Å². The fourth-order valence-corrected chi connectivity index (χ4v) is 1.48. The molecule has 15 heavy (non-hydrogen) atoms. The smallest absolute Gasteiger partial charge is 0.308 e. The van der Waals surface area contributed by atoms with E-state index < -0.39 is 0 Å². The first-order valence-electron chi connectivity index (χ1n) is 4.95. The Kier molecular flexibility index (Phi) is 4.63. The van der Waals surface area contributed by atoms with Gasteiger partial charge in [0.1, 0.15) is 0 Å². The second-order valence-electron chi connectivity index (χ2n) is 3.59. The number of rotatable bonds is 4. The number of ether oxygens (including phenoxy) is 1. The molecule has 1 rings (SSSR count). The maximum absolute atomic E-state index is 11.1. The monoisotopic (exact) mass is 226 g/mol. The van der Waals surface area contributed by atoms with Crippen molar-refractivity contribution >= 4 is 17.6 Å². The molecule has 1 aromatic rings. The van der Waals surface area contributed by atoms with Crippen LogP contribution in [0.3, 0.4) is 0 Å². The molecule has 0 aromatic heterocycles. The first-order chi connectivity index (χ1) is 7.13. The van der Waals surface area contributed by atoms with Gasteiger partial charge < -0.3 is 4.74 Å². The molecular formula is C12H15ClO2. The summed E-state index contributed by atoms with van der Waals surface area (Å²) in [5, 5.41) is 0.736. The van der Waals surface area contributed by atoms with Crippen molar-refractivity contribution in [1.82, 2.24) is 0 Å². The van der Waals surface area contributed by atoms with Gasteiger partial charge in [-0.3, -0.25) is 4.79 Å². The lowest BCUT2D eigenvalue weighted by molar-refractivity contribution is -0.145. The first-order valence-corrected chi connectivity index (χ1v) is 5.33. The normalized spacial score (nSPS) is 12.2. The van der Waals surface area contributed by atoms with Crippen LogP contribution >= 0.6 is 11.6 Å². The summed E-state index contributed by atoms with van der Waals surface area (Å²) in [5.41, 5.74) is 1.19. The van der Waals surface area contributed by atoms with Gasteiger partial charge in [-0.15, -0.1) is 0 Å². The first kappa shape index (κ1) is 12.1. The lowest BCUT2D eigenvalue weighted by Gasteiger charge is -2.08. The number of aryl methyl sites for hydroxylation is 1. The Morgan fingerprint density at radius 2 is 2.00 bits per heavy atom. The highest BCUT2D eigenvalue weighted by atomic mass is 35.5. The van der Waals surface area contributed by atoms with E-state index >= 15 is 0 Å². The average Bonchev–Trinajstić information content (AvgIpc) is 2.26. The van der Waals surface area contributed by atoms with E-state index in [9.17, 15) is 4.79 Å². The summed E-state index contributed by atoms with van der Waals surface area (Å²) < 4.78 is 4.66. The van der Waals surface area contributed by atoms with Crippen molar-refractivity contribution in [3.63, 3.8) is 0 Å². The highest BCUT2D eigenvalue weighted by Crippen LogP contribution is 2.14. The molecule has 0 saturated heterocycles. The topological polar surface area (TPSA) is 26.3 Å².